The Morgan fingerprint density at radius 3 is 2.55 bits per heavy atom. The Morgan fingerprint density at radius 2 is 1.75 bits per heavy atom. The van der Waals surface area contributed by atoms with Gasteiger partial charge in [-0.1, -0.05) is 54.6 Å². The number of aromatic carboxylic acids is 1. The Morgan fingerprint density at radius 1 is 1.02 bits per heavy atom. The van der Waals surface area contributed by atoms with Gasteiger partial charge in [0, 0.05) is 43.2 Å². The largest absolute Gasteiger partial charge is 0.478 e. The number of nitrogens with one attached hydrogen (secondary N) is 1. The zero-order valence-corrected chi connectivity index (χ0v) is 23.3. The predicted octanol–water partition coefficient (Wildman–Crippen LogP) is 3.82. The maximum atomic E-state index is 13.3. The maximum absolute atomic E-state index is 13.3. The van der Waals surface area contributed by atoms with E-state index in [0.717, 1.165) is 21.2 Å². The first kappa shape index (κ1) is 27.8. The summed E-state index contributed by atoms with van der Waals surface area (Å²) < 4.78 is 37.9. The number of fused-ring (bicyclic) bond motifs is 1. The molecule has 0 spiro atoms. The number of aromatic nitrogens is 1. The molecule has 4 aromatic rings. The van der Waals surface area contributed by atoms with Gasteiger partial charge in [-0.05, 0) is 41.3 Å². The van der Waals surface area contributed by atoms with E-state index < -0.39 is 16.0 Å². The lowest BCUT2D eigenvalue weighted by Gasteiger charge is -2.21. The fourth-order valence-corrected chi connectivity index (χ4v) is 7.17. The van der Waals surface area contributed by atoms with Crippen LogP contribution >= 0.6 is 11.3 Å². The van der Waals surface area contributed by atoms with Crippen molar-refractivity contribution in [2.45, 2.75) is 30.7 Å². The van der Waals surface area contributed by atoms with Crippen molar-refractivity contribution < 1.29 is 27.9 Å². The average molecular weight is 580 g/mol. The molecule has 1 saturated heterocycles. The molecule has 0 radical (unpaired) electrons. The number of benzene rings is 3. The summed E-state index contributed by atoms with van der Waals surface area (Å²) in [4.78, 5) is 24.9. The van der Waals surface area contributed by atoms with E-state index >= 15 is 0 Å². The zero-order chi connectivity index (χ0) is 28.1. The van der Waals surface area contributed by atoms with Crippen LogP contribution in [-0.4, -0.2) is 49.7 Å². The van der Waals surface area contributed by atoms with Gasteiger partial charge in [-0.25, -0.2) is 4.79 Å². The number of carboxylic acid groups (broad SMARTS) is 1. The fraction of sp³-hybridized carbons (Fsp3) is 0.276. The predicted molar refractivity (Wildman–Crippen MR) is 152 cm³/mol. The monoisotopic (exact) mass is 579 g/mol. The second kappa shape index (κ2) is 12.2. The topological polar surface area (TPSA) is 127 Å². The average Bonchev–Trinajstić information content (AvgIpc) is 3.33. The summed E-state index contributed by atoms with van der Waals surface area (Å²) in [5.74, 6) is -1.40. The van der Waals surface area contributed by atoms with Gasteiger partial charge in [-0.3, -0.25) is 4.79 Å². The van der Waals surface area contributed by atoms with Crippen molar-refractivity contribution in [3.63, 3.8) is 0 Å². The van der Waals surface area contributed by atoms with Crippen LogP contribution < -0.4 is 10.1 Å². The van der Waals surface area contributed by atoms with Gasteiger partial charge in [0.05, 0.1) is 12.1 Å². The number of hydrogen-bond acceptors (Lipinski definition) is 6. The van der Waals surface area contributed by atoms with E-state index in [1.54, 1.807) is 4.57 Å². The summed E-state index contributed by atoms with van der Waals surface area (Å²) in [6, 6.07) is 19.3. The highest BCUT2D eigenvalue weighted by molar-refractivity contribution is 7.90. The number of amides is 1. The van der Waals surface area contributed by atoms with Crippen LogP contribution in [0, 0.1) is 5.92 Å². The molecule has 1 aliphatic heterocycles. The first-order valence-corrected chi connectivity index (χ1v) is 15.2. The molecule has 3 aromatic carbocycles. The van der Waals surface area contributed by atoms with Gasteiger partial charge in [0.2, 0.25) is 10.7 Å². The summed E-state index contributed by atoms with van der Waals surface area (Å²) in [5, 5.41) is 14.6. The molecule has 0 saturated carbocycles. The van der Waals surface area contributed by atoms with Gasteiger partial charge in [-0.2, -0.15) is 8.42 Å². The molecule has 0 atom stereocenters. The normalized spacial score (nSPS) is 14.8. The van der Waals surface area contributed by atoms with Gasteiger partial charge < -0.3 is 19.7 Å². The van der Waals surface area contributed by atoms with Crippen molar-refractivity contribution in [2.75, 3.05) is 19.8 Å². The van der Waals surface area contributed by atoms with Crippen molar-refractivity contribution >= 4 is 44.0 Å². The van der Waals surface area contributed by atoms with E-state index in [0.29, 0.717) is 45.6 Å². The highest BCUT2D eigenvalue weighted by Gasteiger charge is 2.23. The van der Waals surface area contributed by atoms with Crippen LogP contribution in [-0.2, 0) is 32.5 Å². The van der Waals surface area contributed by atoms with Gasteiger partial charge in [0.15, 0.2) is 0 Å². The van der Waals surface area contributed by atoms with Crippen LogP contribution in [0.1, 0.15) is 33.6 Å². The minimum absolute atomic E-state index is 0.00116. The minimum Gasteiger partial charge on any atom is -0.478 e. The Bertz CT molecular complexity index is 1710. The zero-order valence-electron chi connectivity index (χ0n) is 21.7. The van der Waals surface area contributed by atoms with E-state index in [-0.39, 0.29) is 27.1 Å². The number of rotatable bonds is 9. The maximum Gasteiger partial charge on any atom is 0.337 e. The molecule has 1 aliphatic rings. The third-order valence-corrected chi connectivity index (χ3v) is 9.37. The van der Waals surface area contributed by atoms with Gasteiger partial charge in [-0.15, -0.1) is 15.7 Å². The highest BCUT2D eigenvalue weighted by Crippen LogP contribution is 2.21. The first-order valence-electron chi connectivity index (χ1n) is 13.0. The van der Waals surface area contributed by atoms with Crippen molar-refractivity contribution in [1.82, 2.24) is 9.88 Å². The molecule has 2 heterocycles. The Hall–Kier alpha value is -3.80. The molecule has 0 aliphatic carbocycles. The third kappa shape index (κ3) is 6.33. The highest BCUT2D eigenvalue weighted by atomic mass is 32.2. The van der Waals surface area contributed by atoms with Crippen LogP contribution in [0.5, 0.6) is 0 Å². The van der Waals surface area contributed by atoms with Crippen LogP contribution in [0.2, 0.25) is 0 Å². The van der Waals surface area contributed by atoms with Crippen molar-refractivity contribution in [3.8, 4) is 0 Å². The summed E-state index contributed by atoms with van der Waals surface area (Å²) >= 11 is 1.21. The molecule has 1 fully saturated rings. The van der Waals surface area contributed by atoms with Gasteiger partial charge >= 0.3 is 5.97 Å². The third-order valence-electron chi connectivity index (χ3n) is 6.84. The summed E-state index contributed by atoms with van der Waals surface area (Å²) in [6.07, 6.45) is 3.75. The van der Waals surface area contributed by atoms with E-state index in [1.807, 2.05) is 48.7 Å². The molecule has 40 heavy (non-hydrogen) atoms. The SMILES string of the molecule is O=C(O)c1ccccc1S(=O)(=O)/N=c1\sc(CCNC(=O)C2CCOCC2)cn1Cc1cccc2ccccc12. The molecule has 1 amide bonds. The molecule has 9 nitrogen and oxygen atoms in total. The van der Waals surface area contributed by atoms with Gasteiger partial charge in [0.1, 0.15) is 4.90 Å². The molecule has 2 N–H and O–H groups in total. The molecule has 208 valence electrons. The number of hydrogen-bond donors (Lipinski definition) is 2. The number of carbonyl (C=O) groups excluding carboxylic acids is 1. The van der Waals surface area contributed by atoms with Crippen LogP contribution in [0.15, 0.2) is 82.2 Å². The number of sulfonamides is 1. The molecule has 0 bridgehead atoms. The smallest absolute Gasteiger partial charge is 0.337 e. The Balaban J connectivity index is 1.48. The molecule has 1 aromatic heterocycles. The molecular formula is C29H29N3O6S2. The lowest BCUT2D eigenvalue weighted by atomic mass is 9.99. The molecule has 0 unspecified atom stereocenters. The fourth-order valence-electron chi connectivity index (χ4n) is 4.78. The first-order chi connectivity index (χ1) is 19.3. The lowest BCUT2D eigenvalue weighted by molar-refractivity contribution is -0.127. The number of nitrogens with zero attached hydrogens (tertiary/aromatic N) is 2. The standard InChI is InChI=1S/C29H29N3O6S2/c33-27(21-13-16-38-17-14-21)30-15-12-23-19-32(18-22-8-5-7-20-6-1-2-9-24(20)22)29(39-23)31-40(36,37)26-11-4-3-10-25(26)28(34)35/h1-11,19,21H,12-18H2,(H,30,33)(H,34,35)/b31-29-. The van der Waals surface area contributed by atoms with Crippen LogP contribution in [0.25, 0.3) is 10.8 Å². The lowest BCUT2D eigenvalue weighted by Crippen LogP contribution is -2.35. The van der Waals surface area contributed by atoms with Crippen LogP contribution in [0.3, 0.4) is 0 Å². The Kier molecular flexibility index (Phi) is 8.43. The number of carbonyl (C=O) groups is 2. The second-order valence-electron chi connectivity index (χ2n) is 9.54. The quantitative estimate of drug-likeness (QED) is 0.310. The van der Waals surface area contributed by atoms with Crippen molar-refractivity contribution in [2.24, 2.45) is 10.3 Å². The van der Waals surface area contributed by atoms with Crippen LogP contribution in [0.4, 0.5) is 0 Å². The van der Waals surface area contributed by atoms with E-state index in [1.165, 1.54) is 35.6 Å². The van der Waals surface area contributed by atoms with Gasteiger partial charge in [0.25, 0.3) is 10.0 Å². The number of ether oxygens (including phenoxy) is 1. The Labute approximate surface area is 235 Å². The second-order valence-corrected chi connectivity index (χ2v) is 12.2. The van der Waals surface area contributed by atoms with Crippen molar-refractivity contribution in [1.29, 1.82) is 0 Å². The number of carboxylic acids is 1. The van der Waals surface area contributed by atoms with Crippen molar-refractivity contribution in [3.05, 3.63) is 93.7 Å². The van der Waals surface area contributed by atoms with E-state index in [4.69, 9.17) is 4.74 Å². The molecular weight excluding hydrogens is 550 g/mol. The van der Waals surface area contributed by atoms with E-state index in [2.05, 4.69) is 9.71 Å². The summed E-state index contributed by atoms with van der Waals surface area (Å²) in [5.41, 5.74) is 0.652. The van der Waals surface area contributed by atoms with E-state index in [9.17, 15) is 23.1 Å². The number of thiazole rings is 1. The molecule has 11 heteroatoms. The molecule has 5 rings (SSSR count). The summed E-state index contributed by atoms with van der Waals surface area (Å²) in [6.45, 7) is 1.93. The summed E-state index contributed by atoms with van der Waals surface area (Å²) in [7, 11) is -4.33. The minimum atomic E-state index is -4.33.